The van der Waals surface area contributed by atoms with Crippen molar-refractivity contribution in [3.63, 3.8) is 0 Å². The summed E-state index contributed by atoms with van der Waals surface area (Å²) in [6, 6.07) is 6.82. The Hall–Kier alpha value is -3.09. The number of hydrogen-bond acceptors (Lipinski definition) is 4. The maximum Gasteiger partial charge on any atom is 0.204 e. The van der Waals surface area contributed by atoms with Crippen LogP contribution >= 0.6 is 0 Å². The molecule has 124 valence electrons. The van der Waals surface area contributed by atoms with Crippen LogP contribution in [0.1, 0.15) is 18.9 Å². The molecule has 1 N–H and O–H groups in total. The Bertz CT molecular complexity index is 1100. The number of anilines is 1. The smallest absolute Gasteiger partial charge is 0.204 e. The van der Waals surface area contributed by atoms with Crippen molar-refractivity contribution in [2.24, 2.45) is 0 Å². The number of nitrogens with one attached hydrogen (secondary N) is 1. The summed E-state index contributed by atoms with van der Waals surface area (Å²) in [5, 5.41) is 8.16. The molecular weight excluding hydrogens is 314 g/mol. The van der Waals surface area contributed by atoms with E-state index in [1.807, 2.05) is 22.9 Å². The van der Waals surface area contributed by atoms with E-state index in [0.29, 0.717) is 6.04 Å². The van der Waals surface area contributed by atoms with Gasteiger partial charge in [0.05, 0.1) is 11.7 Å². The van der Waals surface area contributed by atoms with Gasteiger partial charge in [0, 0.05) is 43.4 Å². The molecule has 0 aromatic carbocycles. The molecule has 4 aromatic heterocycles. The first kappa shape index (κ1) is 13.2. The van der Waals surface area contributed by atoms with Gasteiger partial charge < -0.3 is 14.3 Å². The van der Waals surface area contributed by atoms with E-state index in [4.69, 9.17) is 10.1 Å². The summed E-state index contributed by atoms with van der Waals surface area (Å²) in [6.45, 7) is 1.84. The van der Waals surface area contributed by atoms with Crippen molar-refractivity contribution in [3.8, 4) is 22.6 Å². The highest BCUT2D eigenvalue weighted by atomic mass is 15.3. The first-order valence-corrected chi connectivity index (χ1v) is 8.70. The molecule has 0 radical (unpaired) electrons. The average molecular weight is 331 g/mol. The Balaban J connectivity index is 1.55. The molecule has 6 rings (SSSR count). The van der Waals surface area contributed by atoms with E-state index in [9.17, 15) is 0 Å². The van der Waals surface area contributed by atoms with Gasteiger partial charge in [-0.15, -0.1) is 0 Å². The predicted octanol–water partition coefficient (Wildman–Crippen LogP) is 2.82. The van der Waals surface area contributed by atoms with Crippen molar-refractivity contribution in [1.29, 1.82) is 0 Å². The fourth-order valence-corrected chi connectivity index (χ4v) is 3.62. The average Bonchev–Trinajstić information content (AvgIpc) is 3.04. The third kappa shape index (κ3) is 1.95. The second kappa shape index (κ2) is 4.72. The minimum absolute atomic E-state index is 0.576. The second-order valence-corrected chi connectivity index (χ2v) is 6.73. The minimum Gasteiger partial charge on any atom is -0.354 e. The van der Waals surface area contributed by atoms with Gasteiger partial charge in [-0.25, -0.2) is 9.97 Å². The van der Waals surface area contributed by atoms with Crippen molar-refractivity contribution in [3.05, 3.63) is 43.0 Å². The highest BCUT2D eigenvalue weighted by Gasteiger charge is 2.27. The Morgan fingerprint density at radius 1 is 1.12 bits per heavy atom. The van der Waals surface area contributed by atoms with E-state index in [0.717, 1.165) is 47.3 Å². The summed E-state index contributed by atoms with van der Waals surface area (Å²) >= 11 is 0. The molecule has 4 aromatic rings. The molecule has 1 fully saturated rings. The topological polar surface area (TPSA) is 65.0 Å². The van der Waals surface area contributed by atoms with E-state index in [1.165, 1.54) is 12.8 Å². The van der Waals surface area contributed by atoms with Crippen LogP contribution in [-0.4, -0.2) is 35.3 Å². The van der Waals surface area contributed by atoms with Gasteiger partial charge in [-0.05, 0) is 31.0 Å². The van der Waals surface area contributed by atoms with Crippen LogP contribution in [0.5, 0.6) is 0 Å². The van der Waals surface area contributed by atoms with Crippen LogP contribution in [-0.2, 0) is 6.54 Å². The van der Waals surface area contributed by atoms with Crippen molar-refractivity contribution in [2.45, 2.75) is 25.4 Å². The molecule has 1 aliphatic carbocycles. The number of aromatic nitrogens is 6. The molecule has 0 amide bonds. The molecule has 25 heavy (non-hydrogen) atoms. The lowest BCUT2D eigenvalue weighted by atomic mass is 10.1. The maximum atomic E-state index is 4.85. The van der Waals surface area contributed by atoms with Crippen LogP contribution in [0.4, 0.5) is 5.95 Å². The summed E-state index contributed by atoms with van der Waals surface area (Å²) in [5.41, 5.74) is 5.08. The van der Waals surface area contributed by atoms with Crippen LogP contribution < -0.4 is 5.32 Å². The van der Waals surface area contributed by atoms with Gasteiger partial charge in [0.15, 0.2) is 0 Å². The molecule has 0 spiro atoms. The van der Waals surface area contributed by atoms with Crippen LogP contribution in [0.3, 0.4) is 0 Å². The molecule has 0 atom stereocenters. The largest absolute Gasteiger partial charge is 0.354 e. The monoisotopic (exact) mass is 331 g/mol. The van der Waals surface area contributed by atoms with Gasteiger partial charge in [0.25, 0.3) is 0 Å². The first-order chi connectivity index (χ1) is 12.4. The highest BCUT2D eigenvalue weighted by Crippen LogP contribution is 2.38. The summed E-state index contributed by atoms with van der Waals surface area (Å²) in [5.74, 6) is 0.928. The van der Waals surface area contributed by atoms with E-state index in [-0.39, 0.29) is 0 Å². The van der Waals surface area contributed by atoms with Crippen LogP contribution in [0, 0.1) is 0 Å². The maximum absolute atomic E-state index is 4.85. The molecule has 7 nitrogen and oxygen atoms in total. The molecular formula is C18H17N7. The third-order valence-corrected chi connectivity index (χ3v) is 5.02. The fourth-order valence-electron chi connectivity index (χ4n) is 3.62. The lowest BCUT2D eigenvalue weighted by Crippen LogP contribution is -2.00. The lowest BCUT2D eigenvalue weighted by Gasteiger charge is -2.07. The quantitative estimate of drug-likeness (QED) is 0.627. The number of hydrogen-bond donors (Lipinski definition) is 1. The number of fused-ring (bicyclic) bond motifs is 2. The van der Waals surface area contributed by atoms with Gasteiger partial charge >= 0.3 is 0 Å². The summed E-state index contributed by atoms with van der Waals surface area (Å²) in [7, 11) is 0. The molecule has 5 heterocycles. The van der Waals surface area contributed by atoms with Crippen LogP contribution in [0.25, 0.3) is 28.3 Å². The minimum atomic E-state index is 0.576. The van der Waals surface area contributed by atoms with Crippen LogP contribution in [0.15, 0.2) is 43.0 Å². The SMILES string of the molecule is c1cn2cc(-c3c(-c4ccn(C5CC5)n4)nc4n3CCN4)ccc2n1. The zero-order valence-corrected chi connectivity index (χ0v) is 13.6. The Morgan fingerprint density at radius 3 is 3.00 bits per heavy atom. The van der Waals surface area contributed by atoms with Gasteiger partial charge in [0.1, 0.15) is 17.0 Å². The zero-order chi connectivity index (χ0) is 16.4. The molecule has 1 aliphatic heterocycles. The van der Waals surface area contributed by atoms with Gasteiger partial charge in [0.2, 0.25) is 5.95 Å². The molecule has 0 saturated heterocycles. The fraction of sp³-hybridized carbons (Fsp3) is 0.278. The molecule has 7 heteroatoms. The lowest BCUT2D eigenvalue weighted by molar-refractivity contribution is 0.643. The Kier molecular flexibility index (Phi) is 2.50. The summed E-state index contributed by atoms with van der Waals surface area (Å²) < 4.78 is 6.38. The molecule has 0 unspecified atom stereocenters. The number of nitrogens with zero attached hydrogens (tertiary/aromatic N) is 6. The van der Waals surface area contributed by atoms with Crippen molar-refractivity contribution in [2.75, 3.05) is 11.9 Å². The summed E-state index contributed by atoms with van der Waals surface area (Å²) in [4.78, 5) is 9.19. The van der Waals surface area contributed by atoms with E-state index >= 15 is 0 Å². The van der Waals surface area contributed by atoms with Gasteiger partial charge in [-0.2, -0.15) is 5.10 Å². The number of rotatable bonds is 3. The van der Waals surface area contributed by atoms with E-state index in [1.54, 1.807) is 0 Å². The predicted molar refractivity (Wildman–Crippen MR) is 94.4 cm³/mol. The highest BCUT2D eigenvalue weighted by molar-refractivity contribution is 5.80. The van der Waals surface area contributed by atoms with E-state index < -0.39 is 0 Å². The normalized spacial score (nSPS) is 16.3. The molecule has 1 saturated carbocycles. The third-order valence-electron chi connectivity index (χ3n) is 5.02. The Morgan fingerprint density at radius 2 is 2.08 bits per heavy atom. The number of imidazole rings is 2. The van der Waals surface area contributed by atoms with Crippen LogP contribution in [0.2, 0.25) is 0 Å². The molecule has 2 aliphatic rings. The van der Waals surface area contributed by atoms with Crippen molar-refractivity contribution >= 4 is 11.6 Å². The zero-order valence-electron chi connectivity index (χ0n) is 13.6. The van der Waals surface area contributed by atoms with Gasteiger partial charge in [-0.3, -0.25) is 4.68 Å². The second-order valence-electron chi connectivity index (χ2n) is 6.73. The standard InChI is InChI=1S/C18H17N7/c1-4-15-19-6-9-23(15)11-12(1)17-16(21-18-20-7-10-24(17)18)14-5-8-25(22-14)13-2-3-13/h1,4-6,8-9,11,13H,2-3,7,10H2,(H,20,21). The van der Waals surface area contributed by atoms with Crippen molar-refractivity contribution in [1.82, 2.24) is 28.7 Å². The van der Waals surface area contributed by atoms with Crippen molar-refractivity contribution < 1.29 is 0 Å². The van der Waals surface area contributed by atoms with E-state index in [2.05, 4.69) is 44.1 Å². The molecule has 0 bridgehead atoms. The number of pyridine rings is 1. The Labute approximate surface area is 143 Å². The van der Waals surface area contributed by atoms with Gasteiger partial charge in [-0.1, -0.05) is 0 Å². The summed E-state index contributed by atoms with van der Waals surface area (Å²) in [6.07, 6.45) is 10.4. The first-order valence-electron chi connectivity index (χ1n) is 8.70.